The van der Waals surface area contributed by atoms with E-state index in [0.717, 1.165) is 37.1 Å². The molecule has 2 atom stereocenters. The standard InChI is InChI=1S/C21H23N3O4/c1-28-20-8-3-2-6-17(20)22-21(25)16-13-14-12-15(24(26)27)9-10-18(14)23-11-5-4-7-19(16)23/h2-3,6,8-10,12,16,19H,4-5,7,11,13H2,1H3,(H,22,25)/t16-,19+/m0/s1. The first-order valence-electron chi connectivity index (χ1n) is 9.56. The molecule has 1 fully saturated rings. The fourth-order valence-corrected chi connectivity index (χ4v) is 4.42. The minimum absolute atomic E-state index is 0.0677. The monoisotopic (exact) mass is 381 g/mol. The molecule has 7 heteroatoms. The summed E-state index contributed by atoms with van der Waals surface area (Å²) in [5, 5.41) is 14.2. The highest BCUT2D eigenvalue weighted by Crippen LogP contribution is 2.40. The predicted molar refractivity (Wildman–Crippen MR) is 107 cm³/mol. The van der Waals surface area contributed by atoms with Crippen molar-refractivity contribution in [1.82, 2.24) is 0 Å². The maximum Gasteiger partial charge on any atom is 0.269 e. The highest BCUT2D eigenvalue weighted by Gasteiger charge is 2.40. The number of para-hydroxylation sites is 2. The van der Waals surface area contributed by atoms with Crippen molar-refractivity contribution < 1.29 is 14.5 Å². The molecule has 7 nitrogen and oxygen atoms in total. The molecule has 2 aliphatic rings. The molecule has 2 aromatic rings. The van der Waals surface area contributed by atoms with Crippen molar-refractivity contribution in [2.75, 3.05) is 23.9 Å². The van der Waals surface area contributed by atoms with Gasteiger partial charge in [0.05, 0.1) is 23.6 Å². The number of methoxy groups -OCH3 is 1. The molecule has 0 saturated carbocycles. The average molecular weight is 381 g/mol. The summed E-state index contributed by atoms with van der Waals surface area (Å²) in [6.07, 6.45) is 3.59. The number of piperidine rings is 1. The zero-order valence-electron chi connectivity index (χ0n) is 15.8. The van der Waals surface area contributed by atoms with E-state index in [1.54, 1.807) is 19.2 Å². The van der Waals surface area contributed by atoms with Gasteiger partial charge in [-0.2, -0.15) is 0 Å². The number of non-ortho nitro benzene ring substituents is 1. The number of nitrogens with zero attached hydrogens (tertiary/aromatic N) is 2. The summed E-state index contributed by atoms with van der Waals surface area (Å²) < 4.78 is 5.34. The van der Waals surface area contributed by atoms with Gasteiger partial charge in [0.15, 0.2) is 0 Å². The molecule has 0 radical (unpaired) electrons. The predicted octanol–water partition coefficient (Wildman–Crippen LogP) is 3.77. The molecule has 1 amide bonds. The van der Waals surface area contributed by atoms with Crippen LogP contribution in [0.15, 0.2) is 42.5 Å². The Bertz CT molecular complexity index is 914. The molecule has 0 spiro atoms. The van der Waals surface area contributed by atoms with E-state index < -0.39 is 0 Å². The van der Waals surface area contributed by atoms with Gasteiger partial charge < -0.3 is 15.0 Å². The SMILES string of the molecule is COc1ccccc1NC(=O)[C@H]1Cc2cc([N+](=O)[O-])ccc2N2CCCC[C@H]12. The number of benzene rings is 2. The Hall–Kier alpha value is -3.09. The molecule has 1 N–H and O–H groups in total. The minimum atomic E-state index is -0.382. The lowest BCUT2D eigenvalue weighted by molar-refractivity contribution is -0.384. The summed E-state index contributed by atoms with van der Waals surface area (Å²) in [5.41, 5.74) is 2.60. The lowest BCUT2D eigenvalue weighted by Gasteiger charge is -2.45. The Morgan fingerprint density at radius 2 is 2.07 bits per heavy atom. The van der Waals surface area contributed by atoms with Crippen LogP contribution in [-0.4, -0.2) is 30.5 Å². The molecule has 0 aliphatic carbocycles. The summed E-state index contributed by atoms with van der Waals surface area (Å²) in [6, 6.07) is 12.4. The number of nitro benzene ring substituents is 1. The van der Waals surface area contributed by atoms with E-state index in [9.17, 15) is 14.9 Å². The van der Waals surface area contributed by atoms with Crippen LogP contribution in [0.5, 0.6) is 5.75 Å². The first kappa shape index (κ1) is 18.3. The number of rotatable bonds is 4. The van der Waals surface area contributed by atoms with Gasteiger partial charge in [-0.3, -0.25) is 14.9 Å². The summed E-state index contributed by atoms with van der Waals surface area (Å²) in [7, 11) is 1.57. The Morgan fingerprint density at radius 3 is 2.86 bits per heavy atom. The first-order chi connectivity index (χ1) is 13.6. The molecular formula is C21H23N3O4. The number of ether oxygens (including phenoxy) is 1. The Morgan fingerprint density at radius 1 is 1.25 bits per heavy atom. The van der Waals surface area contributed by atoms with Crippen molar-refractivity contribution in [2.24, 2.45) is 5.92 Å². The van der Waals surface area contributed by atoms with Gasteiger partial charge in [-0.15, -0.1) is 0 Å². The third-order valence-corrected chi connectivity index (χ3v) is 5.74. The number of carbonyl (C=O) groups is 1. The largest absolute Gasteiger partial charge is 0.495 e. The van der Waals surface area contributed by atoms with E-state index in [2.05, 4.69) is 10.2 Å². The molecule has 0 aromatic heterocycles. The molecule has 28 heavy (non-hydrogen) atoms. The van der Waals surface area contributed by atoms with Crippen LogP contribution in [0.1, 0.15) is 24.8 Å². The van der Waals surface area contributed by atoms with Crippen LogP contribution in [0.25, 0.3) is 0 Å². The lowest BCUT2D eigenvalue weighted by atomic mass is 9.80. The summed E-state index contributed by atoms with van der Waals surface area (Å²) >= 11 is 0. The molecule has 0 bridgehead atoms. The summed E-state index contributed by atoms with van der Waals surface area (Å²) in [4.78, 5) is 26.3. The van der Waals surface area contributed by atoms with Gasteiger partial charge in [0, 0.05) is 30.4 Å². The topological polar surface area (TPSA) is 84.7 Å². The van der Waals surface area contributed by atoms with E-state index in [1.165, 1.54) is 0 Å². The van der Waals surface area contributed by atoms with Gasteiger partial charge in [-0.05, 0) is 49.4 Å². The molecule has 2 aromatic carbocycles. The number of carbonyl (C=O) groups excluding carboxylic acids is 1. The fraction of sp³-hybridized carbons (Fsp3) is 0.381. The van der Waals surface area contributed by atoms with Gasteiger partial charge >= 0.3 is 0 Å². The molecule has 1 saturated heterocycles. The summed E-state index contributed by atoms with van der Waals surface area (Å²) in [5.74, 6) is 0.279. The maximum absolute atomic E-state index is 13.2. The second kappa shape index (κ2) is 7.50. The number of fused-ring (bicyclic) bond motifs is 3. The fourth-order valence-electron chi connectivity index (χ4n) is 4.42. The molecule has 2 aliphatic heterocycles. The van der Waals surface area contributed by atoms with Crippen LogP contribution in [0.4, 0.5) is 17.1 Å². The van der Waals surface area contributed by atoms with Crippen LogP contribution in [0, 0.1) is 16.0 Å². The van der Waals surface area contributed by atoms with E-state index in [-0.39, 0.29) is 28.5 Å². The van der Waals surface area contributed by atoms with Crippen LogP contribution >= 0.6 is 0 Å². The van der Waals surface area contributed by atoms with Crippen molar-refractivity contribution in [2.45, 2.75) is 31.7 Å². The number of amides is 1. The van der Waals surface area contributed by atoms with Gasteiger partial charge in [-0.1, -0.05) is 12.1 Å². The highest BCUT2D eigenvalue weighted by molar-refractivity contribution is 5.95. The third kappa shape index (κ3) is 3.28. The zero-order valence-corrected chi connectivity index (χ0v) is 15.8. The third-order valence-electron chi connectivity index (χ3n) is 5.74. The van der Waals surface area contributed by atoms with Crippen molar-refractivity contribution in [3.05, 3.63) is 58.1 Å². The Labute approximate surface area is 163 Å². The van der Waals surface area contributed by atoms with Crippen molar-refractivity contribution in [3.8, 4) is 5.75 Å². The van der Waals surface area contributed by atoms with Crippen LogP contribution in [0.3, 0.4) is 0 Å². The van der Waals surface area contributed by atoms with E-state index in [1.807, 2.05) is 30.3 Å². The normalized spacial score (nSPS) is 20.7. The molecule has 146 valence electrons. The number of hydrogen-bond acceptors (Lipinski definition) is 5. The highest BCUT2D eigenvalue weighted by atomic mass is 16.6. The molecule has 0 unspecified atom stereocenters. The first-order valence-corrected chi connectivity index (χ1v) is 9.56. The van der Waals surface area contributed by atoms with Gasteiger partial charge in [0.2, 0.25) is 5.91 Å². The number of hydrogen-bond donors (Lipinski definition) is 1. The second-order valence-corrected chi connectivity index (χ2v) is 7.33. The minimum Gasteiger partial charge on any atom is -0.495 e. The molecular weight excluding hydrogens is 358 g/mol. The Balaban J connectivity index is 1.65. The van der Waals surface area contributed by atoms with Gasteiger partial charge in [0.1, 0.15) is 5.75 Å². The van der Waals surface area contributed by atoms with Crippen LogP contribution < -0.4 is 15.0 Å². The van der Waals surface area contributed by atoms with Gasteiger partial charge in [-0.25, -0.2) is 0 Å². The summed E-state index contributed by atoms with van der Waals surface area (Å²) in [6.45, 7) is 0.869. The lowest BCUT2D eigenvalue weighted by Crippen LogP contribution is -2.52. The van der Waals surface area contributed by atoms with Crippen LogP contribution in [-0.2, 0) is 11.2 Å². The van der Waals surface area contributed by atoms with E-state index >= 15 is 0 Å². The van der Waals surface area contributed by atoms with Crippen molar-refractivity contribution in [1.29, 1.82) is 0 Å². The smallest absolute Gasteiger partial charge is 0.269 e. The zero-order chi connectivity index (χ0) is 19.7. The Kier molecular flexibility index (Phi) is 4.90. The number of anilines is 2. The second-order valence-electron chi connectivity index (χ2n) is 7.33. The number of nitro groups is 1. The number of nitrogens with one attached hydrogen (secondary N) is 1. The quantitative estimate of drug-likeness (QED) is 0.644. The average Bonchev–Trinajstić information content (AvgIpc) is 2.73. The van der Waals surface area contributed by atoms with E-state index in [4.69, 9.17) is 4.74 Å². The molecule has 4 rings (SSSR count). The van der Waals surface area contributed by atoms with Crippen molar-refractivity contribution >= 4 is 23.0 Å². The van der Waals surface area contributed by atoms with Crippen LogP contribution in [0.2, 0.25) is 0 Å². The van der Waals surface area contributed by atoms with E-state index in [0.29, 0.717) is 17.9 Å². The maximum atomic E-state index is 13.2. The molecule has 2 heterocycles. The van der Waals surface area contributed by atoms with Gasteiger partial charge in [0.25, 0.3) is 5.69 Å². The van der Waals surface area contributed by atoms with Crippen molar-refractivity contribution in [3.63, 3.8) is 0 Å².